The predicted octanol–water partition coefficient (Wildman–Crippen LogP) is 3.96. The molecule has 1 unspecified atom stereocenters. The van der Waals surface area contributed by atoms with Crippen molar-refractivity contribution in [2.24, 2.45) is 0 Å². The van der Waals surface area contributed by atoms with Crippen molar-refractivity contribution in [2.45, 2.75) is 58.9 Å². The van der Waals surface area contributed by atoms with Crippen molar-refractivity contribution in [3.8, 4) is 0 Å². The molecule has 3 nitrogen and oxygen atoms in total. The Morgan fingerprint density at radius 2 is 1.75 bits per heavy atom. The highest BCUT2D eigenvalue weighted by Gasteiger charge is 2.45. The third-order valence-electron chi connectivity index (χ3n) is 6.13. The zero-order valence-corrected chi connectivity index (χ0v) is 15.3. The van der Waals surface area contributed by atoms with E-state index in [2.05, 4.69) is 6.92 Å². The molecular formula is C20H30FN2O+. The summed E-state index contributed by atoms with van der Waals surface area (Å²) >= 11 is 0. The second-order valence-corrected chi connectivity index (χ2v) is 7.58. The number of likely N-dealkylation sites (tertiary alicyclic amines) is 1. The second kappa shape index (κ2) is 6.83. The number of hydrogen-bond acceptors (Lipinski definition) is 1. The Morgan fingerprint density at radius 1 is 1.12 bits per heavy atom. The van der Waals surface area contributed by atoms with Crippen LogP contribution in [0.15, 0.2) is 12.1 Å². The minimum absolute atomic E-state index is 0.0768. The monoisotopic (exact) mass is 333 g/mol. The topological polar surface area (TPSA) is 20.3 Å². The highest BCUT2D eigenvalue weighted by atomic mass is 19.1. The lowest BCUT2D eigenvalue weighted by Crippen LogP contribution is -2.65. The number of likely N-dealkylation sites (N-methyl/N-ethyl adjacent to an activating group) is 1. The molecule has 4 heteroatoms. The Morgan fingerprint density at radius 3 is 2.33 bits per heavy atom. The third-order valence-corrected chi connectivity index (χ3v) is 6.13. The summed E-state index contributed by atoms with van der Waals surface area (Å²) < 4.78 is 14.6. The summed E-state index contributed by atoms with van der Waals surface area (Å²) in [7, 11) is 0. The maximum Gasteiger partial charge on any atom is 0.285 e. The number of carbonyl (C=O) groups is 1. The van der Waals surface area contributed by atoms with Crippen LogP contribution < -0.4 is 4.90 Å². The minimum Gasteiger partial charge on any atom is -0.314 e. The number of piperidine rings is 2. The van der Waals surface area contributed by atoms with Crippen LogP contribution >= 0.6 is 0 Å². The molecule has 0 N–H and O–H groups in total. The van der Waals surface area contributed by atoms with E-state index in [1.807, 2.05) is 18.7 Å². The minimum atomic E-state index is -0.220. The quantitative estimate of drug-likeness (QED) is 0.767. The van der Waals surface area contributed by atoms with Gasteiger partial charge in [0.05, 0.1) is 19.6 Å². The summed E-state index contributed by atoms with van der Waals surface area (Å²) in [6.07, 6.45) is 5.77. The first-order valence-electron chi connectivity index (χ1n) is 9.42. The van der Waals surface area contributed by atoms with Crippen LogP contribution in [0.5, 0.6) is 0 Å². The molecule has 2 aliphatic rings. The summed E-state index contributed by atoms with van der Waals surface area (Å²) in [5.74, 6) is 0.0330. The van der Waals surface area contributed by atoms with Crippen LogP contribution in [0.2, 0.25) is 0 Å². The van der Waals surface area contributed by atoms with Gasteiger partial charge in [-0.3, -0.25) is 4.79 Å². The normalized spacial score (nSPS) is 24.2. The summed E-state index contributed by atoms with van der Waals surface area (Å²) in [5, 5.41) is 0. The average Bonchev–Trinajstić information content (AvgIpc) is 2.56. The molecule has 2 aliphatic heterocycles. The summed E-state index contributed by atoms with van der Waals surface area (Å²) in [5.41, 5.74) is 2.66. The van der Waals surface area contributed by atoms with Crippen LogP contribution in [0.4, 0.5) is 10.1 Å². The van der Waals surface area contributed by atoms with E-state index < -0.39 is 0 Å². The van der Waals surface area contributed by atoms with Gasteiger partial charge in [-0.05, 0) is 69.7 Å². The molecule has 0 saturated carbocycles. The van der Waals surface area contributed by atoms with Gasteiger partial charge in [0.25, 0.3) is 5.91 Å². The van der Waals surface area contributed by atoms with Crippen molar-refractivity contribution in [1.29, 1.82) is 0 Å². The molecule has 0 aromatic heterocycles. The lowest BCUT2D eigenvalue weighted by Gasteiger charge is -2.49. The van der Waals surface area contributed by atoms with Crippen molar-refractivity contribution in [2.75, 3.05) is 31.1 Å². The number of halogens is 1. The number of carbonyl (C=O) groups excluding carboxylic acids is 1. The van der Waals surface area contributed by atoms with Gasteiger partial charge in [-0.15, -0.1) is 0 Å². The van der Waals surface area contributed by atoms with Crippen molar-refractivity contribution >= 4 is 11.6 Å². The highest BCUT2D eigenvalue weighted by Crippen LogP contribution is 2.34. The molecule has 2 heterocycles. The van der Waals surface area contributed by atoms with E-state index in [9.17, 15) is 9.18 Å². The summed E-state index contributed by atoms with van der Waals surface area (Å²) in [6, 6.07) is 3.17. The molecule has 0 bridgehead atoms. The first kappa shape index (κ1) is 17.4. The Kier molecular flexibility index (Phi) is 4.95. The number of quaternary nitrogens is 1. The lowest BCUT2D eigenvalue weighted by atomic mass is 9.94. The fraction of sp³-hybridized carbons (Fsp3) is 0.650. The first-order valence-corrected chi connectivity index (χ1v) is 9.42. The molecule has 2 fully saturated rings. The predicted molar refractivity (Wildman–Crippen MR) is 95.6 cm³/mol. The first-order chi connectivity index (χ1) is 11.5. The van der Waals surface area contributed by atoms with E-state index in [-0.39, 0.29) is 17.8 Å². The molecule has 0 spiro atoms. The maximum atomic E-state index is 13.6. The number of hydrogen-bond donors (Lipinski definition) is 0. The van der Waals surface area contributed by atoms with Crippen molar-refractivity contribution in [3.05, 3.63) is 29.1 Å². The number of nitrogens with zero attached hydrogens (tertiary/aromatic N) is 2. The van der Waals surface area contributed by atoms with Gasteiger partial charge in [0, 0.05) is 18.7 Å². The van der Waals surface area contributed by atoms with Gasteiger partial charge in [-0.1, -0.05) is 0 Å². The standard InChI is InChI=1S/C20H30FN2O/c1-4-23(11-6-5-7-12-23)18-9-8-10-22(20(18)24)19-15(2)13-17(21)14-16(19)3/h13-14,18H,4-12H2,1-3H3/q+1. The van der Waals surface area contributed by atoms with Crippen LogP contribution in [0.3, 0.4) is 0 Å². The smallest absolute Gasteiger partial charge is 0.285 e. The van der Waals surface area contributed by atoms with Crippen LogP contribution in [-0.4, -0.2) is 42.6 Å². The molecule has 0 radical (unpaired) electrons. The molecule has 24 heavy (non-hydrogen) atoms. The van der Waals surface area contributed by atoms with Gasteiger partial charge in [0.15, 0.2) is 6.04 Å². The van der Waals surface area contributed by atoms with Gasteiger partial charge in [-0.2, -0.15) is 0 Å². The molecule has 2 saturated heterocycles. The molecule has 3 rings (SSSR count). The Bertz CT molecular complexity index is 599. The molecule has 1 aromatic rings. The van der Waals surface area contributed by atoms with Gasteiger partial charge in [-0.25, -0.2) is 4.39 Å². The van der Waals surface area contributed by atoms with Crippen molar-refractivity contribution in [3.63, 3.8) is 0 Å². The Labute approximate surface area is 145 Å². The van der Waals surface area contributed by atoms with Gasteiger partial charge in [0.1, 0.15) is 5.82 Å². The van der Waals surface area contributed by atoms with E-state index in [1.165, 1.54) is 19.3 Å². The molecule has 1 atom stereocenters. The van der Waals surface area contributed by atoms with Crippen LogP contribution in [0, 0.1) is 19.7 Å². The zero-order chi connectivity index (χ0) is 17.3. The molecule has 1 amide bonds. The fourth-order valence-electron chi connectivity index (χ4n) is 4.91. The van der Waals surface area contributed by atoms with Crippen LogP contribution in [-0.2, 0) is 4.79 Å². The molecular weight excluding hydrogens is 303 g/mol. The lowest BCUT2D eigenvalue weighted by molar-refractivity contribution is -0.945. The molecule has 132 valence electrons. The fourth-order valence-corrected chi connectivity index (χ4v) is 4.91. The van der Waals surface area contributed by atoms with E-state index in [4.69, 9.17) is 0 Å². The number of rotatable bonds is 3. The average molecular weight is 333 g/mol. The van der Waals surface area contributed by atoms with Crippen LogP contribution in [0.1, 0.15) is 50.2 Å². The number of anilines is 1. The summed E-state index contributed by atoms with van der Waals surface area (Å²) in [4.78, 5) is 15.3. The molecule has 1 aromatic carbocycles. The van der Waals surface area contributed by atoms with Crippen molar-refractivity contribution in [1.82, 2.24) is 0 Å². The largest absolute Gasteiger partial charge is 0.314 e. The van der Waals surface area contributed by atoms with E-state index >= 15 is 0 Å². The number of benzene rings is 1. The maximum absolute atomic E-state index is 13.6. The highest BCUT2D eigenvalue weighted by molar-refractivity contribution is 5.98. The SMILES string of the molecule is CC[N+]1(C2CCCN(c3c(C)cc(F)cc3C)C2=O)CCCCC1. The van der Waals surface area contributed by atoms with Gasteiger partial charge in [0.2, 0.25) is 0 Å². The Balaban J connectivity index is 1.93. The third kappa shape index (κ3) is 2.97. The molecule has 0 aliphatic carbocycles. The number of amides is 1. The number of aryl methyl sites for hydroxylation is 2. The second-order valence-electron chi connectivity index (χ2n) is 7.58. The van der Waals surface area contributed by atoms with E-state index in [0.717, 1.165) is 60.3 Å². The van der Waals surface area contributed by atoms with Gasteiger partial charge >= 0.3 is 0 Å². The van der Waals surface area contributed by atoms with Crippen molar-refractivity contribution < 1.29 is 13.7 Å². The van der Waals surface area contributed by atoms with Gasteiger partial charge < -0.3 is 9.38 Å². The Hall–Kier alpha value is -1.42. The van der Waals surface area contributed by atoms with E-state index in [0.29, 0.717) is 0 Å². The van der Waals surface area contributed by atoms with Crippen LogP contribution in [0.25, 0.3) is 0 Å². The zero-order valence-electron chi connectivity index (χ0n) is 15.3. The summed E-state index contributed by atoms with van der Waals surface area (Å²) in [6.45, 7) is 10.1. The van der Waals surface area contributed by atoms with E-state index in [1.54, 1.807) is 12.1 Å².